The highest BCUT2D eigenvalue weighted by atomic mass is 33.1. The number of amides is 2. The van der Waals surface area contributed by atoms with Crippen molar-refractivity contribution in [2.75, 3.05) is 37.8 Å². The molecule has 2 fully saturated rings. The highest BCUT2D eigenvalue weighted by molar-refractivity contribution is 8.76. The fraction of sp³-hybridized carbons (Fsp3) is 0.889. The Morgan fingerprint density at radius 3 is 2.20 bits per heavy atom. The van der Waals surface area contributed by atoms with Gasteiger partial charge >= 0.3 is 7.82 Å². The smallest absolute Gasteiger partial charge is 0.377 e. The number of likely N-dealkylation sites (tertiary alicyclic amines) is 2. The molecule has 0 aromatic rings. The van der Waals surface area contributed by atoms with Crippen molar-refractivity contribution < 1.29 is 42.4 Å². The van der Waals surface area contributed by atoms with Crippen LogP contribution < -0.4 is 0 Å². The number of ether oxygens (including phenoxy) is 2. The van der Waals surface area contributed by atoms with Crippen LogP contribution in [0.4, 0.5) is 0 Å². The van der Waals surface area contributed by atoms with E-state index in [0.29, 0.717) is 51.7 Å². The molecule has 0 aromatic carbocycles. The standard InChI is InChI=1S/C27H49N2O9PS2/c1-7-24(31)10-12-41-40-11-8-9-27(32)29-16-26(14-22(29)17-35-19(2)3)38-39(33,34)36-18-23-13-25(37-20(4)5)15-28(23)21(6)30/h19-20,22-23,25-26H,7-18H2,1-6H3,(H,33,34)/t22-,23-,25+,26+/m0/s1. The minimum Gasteiger partial charge on any atom is -0.377 e. The molecular formula is C27H49N2O9PS2. The van der Waals surface area contributed by atoms with E-state index in [0.717, 1.165) is 11.5 Å². The molecule has 5 atom stereocenters. The number of hydrogen-bond acceptors (Lipinski definition) is 10. The van der Waals surface area contributed by atoms with E-state index in [1.165, 1.54) is 6.92 Å². The lowest BCUT2D eigenvalue weighted by atomic mass is 10.2. The molecule has 2 aliphatic heterocycles. The van der Waals surface area contributed by atoms with Gasteiger partial charge in [-0.15, -0.1) is 0 Å². The minimum atomic E-state index is -4.45. The molecule has 238 valence electrons. The van der Waals surface area contributed by atoms with Crippen molar-refractivity contribution in [2.24, 2.45) is 0 Å². The third kappa shape index (κ3) is 13.7. The number of nitrogens with zero attached hydrogens (tertiary/aromatic N) is 2. The Balaban J connectivity index is 1.86. The van der Waals surface area contributed by atoms with Crippen LogP contribution in [-0.4, -0.2) is 107 Å². The van der Waals surface area contributed by atoms with Crippen LogP contribution in [0.1, 0.15) is 80.1 Å². The molecule has 2 saturated heterocycles. The lowest BCUT2D eigenvalue weighted by Crippen LogP contribution is -2.39. The third-order valence-corrected chi connectivity index (χ3v) is 10.4. The number of ketones is 1. The molecule has 0 aliphatic carbocycles. The first kappa shape index (κ1) is 36.5. The van der Waals surface area contributed by atoms with Gasteiger partial charge in [-0.1, -0.05) is 28.5 Å². The van der Waals surface area contributed by atoms with Crippen LogP contribution in [0.25, 0.3) is 0 Å². The number of hydrogen-bond donors (Lipinski definition) is 1. The van der Waals surface area contributed by atoms with Crippen molar-refractivity contribution in [2.45, 2.75) is 117 Å². The highest BCUT2D eigenvalue weighted by Gasteiger charge is 2.41. The molecule has 14 heteroatoms. The average Bonchev–Trinajstić information content (AvgIpc) is 3.48. The number of phosphoric acid groups is 1. The molecule has 2 rings (SSSR count). The Hall–Kier alpha value is -0.660. The van der Waals surface area contributed by atoms with Crippen molar-refractivity contribution in [1.29, 1.82) is 0 Å². The summed E-state index contributed by atoms with van der Waals surface area (Å²) in [5, 5.41) is 0. The Bertz CT molecular complexity index is 895. The lowest BCUT2D eigenvalue weighted by Gasteiger charge is -2.25. The summed E-state index contributed by atoms with van der Waals surface area (Å²) in [4.78, 5) is 50.4. The normalized spacial score (nSPS) is 24.4. The summed E-state index contributed by atoms with van der Waals surface area (Å²) in [6, 6.07) is -0.661. The van der Waals surface area contributed by atoms with Crippen LogP contribution in [0.2, 0.25) is 0 Å². The Morgan fingerprint density at radius 1 is 0.927 bits per heavy atom. The summed E-state index contributed by atoms with van der Waals surface area (Å²) in [5.74, 6) is 1.62. The van der Waals surface area contributed by atoms with Crippen molar-refractivity contribution in [3.05, 3.63) is 0 Å². The lowest BCUT2D eigenvalue weighted by molar-refractivity contribution is -0.133. The molecule has 1 unspecified atom stereocenters. The van der Waals surface area contributed by atoms with Crippen LogP contribution in [0.5, 0.6) is 0 Å². The Morgan fingerprint density at radius 2 is 1.56 bits per heavy atom. The van der Waals surface area contributed by atoms with Crippen LogP contribution in [0.15, 0.2) is 0 Å². The monoisotopic (exact) mass is 640 g/mol. The molecule has 0 saturated carbocycles. The Labute approximate surface area is 253 Å². The second-order valence-corrected chi connectivity index (χ2v) is 15.2. The van der Waals surface area contributed by atoms with E-state index in [1.807, 2.05) is 34.6 Å². The van der Waals surface area contributed by atoms with Gasteiger partial charge in [0.05, 0.1) is 49.7 Å². The molecular weight excluding hydrogens is 591 g/mol. The van der Waals surface area contributed by atoms with E-state index < -0.39 is 20.0 Å². The Kier molecular flexibility index (Phi) is 16.2. The topological polar surface area (TPSA) is 132 Å². The first-order valence-corrected chi connectivity index (χ1v) is 18.5. The van der Waals surface area contributed by atoms with Crippen LogP contribution in [-0.2, 0) is 37.5 Å². The molecule has 0 radical (unpaired) electrons. The maximum atomic E-state index is 13.1. The molecule has 0 aromatic heterocycles. The van der Waals surface area contributed by atoms with E-state index in [1.54, 1.807) is 31.4 Å². The van der Waals surface area contributed by atoms with E-state index in [4.69, 9.17) is 18.5 Å². The van der Waals surface area contributed by atoms with Crippen molar-refractivity contribution in [3.63, 3.8) is 0 Å². The zero-order valence-electron chi connectivity index (χ0n) is 25.3. The fourth-order valence-corrected chi connectivity index (χ4v) is 7.96. The predicted molar refractivity (Wildman–Crippen MR) is 162 cm³/mol. The van der Waals surface area contributed by atoms with E-state index >= 15 is 0 Å². The quantitative estimate of drug-likeness (QED) is 0.122. The van der Waals surface area contributed by atoms with Gasteiger partial charge in [-0.25, -0.2) is 4.57 Å². The average molecular weight is 641 g/mol. The molecule has 2 amide bonds. The van der Waals surface area contributed by atoms with Gasteiger partial charge in [0.15, 0.2) is 0 Å². The van der Waals surface area contributed by atoms with Gasteiger partial charge in [-0.05, 0) is 47.0 Å². The zero-order valence-corrected chi connectivity index (χ0v) is 27.8. The predicted octanol–water partition coefficient (Wildman–Crippen LogP) is 4.46. The number of carbonyl (C=O) groups excluding carboxylic acids is 3. The molecule has 0 bridgehead atoms. The summed E-state index contributed by atoms with van der Waals surface area (Å²) >= 11 is 0. The largest absolute Gasteiger partial charge is 0.472 e. The van der Waals surface area contributed by atoms with Gasteiger partial charge in [-0.2, -0.15) is 0 Å². The van der Waals surface area contributed by atoms with Gasteiger partial charge in [0.25, 0.3) is 0 Å². The highest BCUT2D eigenvalue weighted by Crippen LogP contribution is 2.47. The molecule has 11 nitrogen and oxygen atoms in total. The third-order valence-electron chi connectivity index (χ3n) is 6.84. The summed E-state index contributed by atoms with van der Waals surface area (Å²) in [6.45, 7) is 11.7. The second kappa shape index (κ2) is 18.2. The van der Waals surface area contributed by atoms with Crippen molar-refractivity contribution in [3.8, 4) is 0 Å². The van der Waals surface area contributed by atoms with Gasteiger partial charge < -0.3 is 24.2 Å². The maximum Gasteiger partial charge on any atom is 0.472 e. The molecule has 2 aliphatic rings. The van der Waals surface area contributed by atoms with Gasteiger partial charge in [0.2, 0.25) is 11.8 Å². The molecule has 1 N–H and O–H groups in total. The van der Waals surface area contributed by atoms with Crippen molar-refractivity contribution in [1.82, 2.24) is 9.80 Å². The number of phosphoric ester groups is 1. The fourth-order valence-electron chi connectivity index (χ4n) is 4.89. The SMILES string of the molecule is CCC(=O)CCSSCCCC(=O)N1C[C@H](OP(=O)(O)OC[C@@H]2C[C@@H](OC(C)C)CN2C(C)=O)C[C@H]1COC(C)C. The summed E-state index contributed by atoms with van der Waals surface area (Å²) in [5.41, 5.74) is 0. The van der Waals surface area contributed by atoms with E-state index in [2.05, 4.69) is 0 Å². The van der Waals surface area contributed by atoms with Crippen LogP contribution in [0.3, 0.4) is 0 Å². The summed E-state index contributed by atoms with van der Waals surface area (Å²) in [6.07, 6.45) is 2.17. The van der Waals surface area contributed by atoms with Gasteiger partial charge in [-0.3, -0.25) is 23.4 Å². The van der Waals surface area contributed by atoms with Gasteiger partial charge in [0.1, 0.15) is 5.78 Å². The number of carbonyl (C=O) groups is 3. The molecule has 0 spiro atoms. The minimum absolute atomic E-state index is 0.00142. The molecule has 2 heterocycles. The second-order valence-electron chi connectivity index (χ2n) is 11.1. The van der Waals surface area contributed by atoms with E-state index in [-0.39, 0.29) is 55.1 Å². The van der Waals surface area contributed by atoms with Crippen LogP contribution >= 0.6 is 29.4 Å². The van der Waals surface area contributed by atoms with Crippen LogP contribution in [0, 0.1) is 0 Å². The number of Topliss-reactive ketones (excluding diaryl/α,β-unsaturated/α-hetero) is 1. The zero-order chi connectivity index (χ0) is 30.6. The molecule has 41 heavy (non-hydrogen) atoms. The van der Waals surface area contributed by atoms with Crippen molar-refractivity contribution >= 4 is 47.0 Å². The number of rotatable bonds is 19. The van der Waals surface area contributed by atoms with Gasteiger partial charge in [0, 0.05) is 50.8 Å². The van der Waals surface area contributed by atoms with E-state index in [9.17, 15) is 23.8 Å². The first-order chi connectivity index (χ1) is 19.3. The summed E-state index contributed by atoms with van der Waals surface area (Å²) < 4.78 is 35.4. The summed E-state index contributed by atoms with van der Waals surface area (Å²) in [7, 11) is -1.15. The maximum absolute atomic E-state index is 13.1. The first-order valence-electron chi connectivity index (χ1n) is 14.6.